The highest BCUT2D eigenvalue weighted by Gasteiger charge is 2.44. The molecule has 0 unspecified atom stereocenters. The van der Waals surface area contributed by atoms with E-state index in [9.17, 15) is 82.4 Å². The molecule has 0 spiro atoms. The molecule has 2 aliphatic heterocycles. The quantitative estimate of drug-likeness (QED) is 0.0364. The average molecular weight is 1320 g/mol. The normalized spacial score (nSPS) is 18.5. The molecule has 2 fully saturated rings. The van der Waals surface area contributed by atoms with Gasteiger partial charge in [0, 0.05) is 63.5 Å². The van der Waals surface area contributed by atoms with Gasteiger partial charge in [0.1, 0.15) is 42.3 Å². The second-order valence-electron chi connectivity index (χ2n) is 26.2. The maximum absolute atomic E-state index is 14.7. The Labute approximate surface area is 545 Å². The number of hydrogen-bond donors (Lipinski definition) is 12. The molecule has 2 saturated heterocycles. The van der Waals surface area contributed by atoms with E-state index in [2.05, 4.69) is 37.2 Å². The lowest BCUT2D eigenvalue weighted by molar-refractivity contribution is -0.144. The molecule has 0 aromatic heterocycles. The van der Waals surface area contributed by atoms with Gasteiger partial charge in [-0.2, -0.15) is 11.8 Å². The number of carbonyl (C=O) groups excluding carboxylic acids is 14. The highest BCUT2D eigenvalue weighted by atomic mass is 32.2. The smallest absolute Gasteiger partial charge is 0.248 e. The Balaban J connectivity index is 2.33. The highest BCUT2D eigenvalue weighted by molar-refractivity contribution is 7.98. The van der Waals surface area contributed by atoms with E-state index in [0.29, 0.717) is 25.0 Å². The zero-order valence-corrected chi connectivity index (χ0v) is 56.8. The second kappa shape index (κ2) is 40.5. The van der Waals surface area contributed by atoms with Gasteiger partial charge in [-0.1, -0.05) is 75.7 Å². The van der Waals surface area contributed by atoms with Crippen molar-refractivity contribution >= 4 is 94.1 Å². The predicted octanol–water partition coefficient (Wildman–Crippen LogP) is -0.571. The third-order valence-corrected chi connectivity index (χ3v) is 17.4. The fraction of sp³-hybridized carbons (Fsp3) is 0.778. The minimum absolute atomic E-state index is 0.0460. The van der Waals surface area contributed by atoms with Crippen molar-refractivity contribution in [3.63, 3.8) is 0 Å². The second-order valence-corrected chi connectivity index (χ2v) is 27.2. The fourth-order valence-corrected chi connectivity index (χ4v) is 12.0. The maximum Gasteiger partial charge on any atom is 0.248 e. The molecule has 0 saturated carbocycles. The highest BCUT2D eigenvalue weighted by Crippen LogP contribution is 2.27. The molecule has 2 rings (SSSR count). The summed E-state index contributed by atoms with van der Waals surface area (Å²) in [7, 11) is 0. The van der Waals surface area contributed by atoms with Crippen LogP contribution in [0.15, 0.2) is 0 Å². The van der Waals surface area contributed by atoms with Crippen LogP contribution in [0.1, 0.15) is 166 Å². The number of aliphatic hydroxyl groups excluding tert-OH is 3. The van der Waals surface area contributed by atoms with Gasteiger partial charge in [0.25, 0.3) is 0 Å². The van der Waals surface area contributed by atoms with E-state index in [1.165, 1.54) is 28.5 Å². The molecule has 0 aliphatic carbocycles. The Hall–Kier alpha value is -6.59. The van der Waals surface area contributed by atoms with Crippen LogP contribution in [0.2, 0.25) is 0 Å². The number of ketones is 3. The van der Waals surface area contributed by atoms with Crippen LogP contribution < -0.4 is 48.7 Å². The molecule has 0 radical (unpaired) electrons. The summed E-state index contributed by atoms with van der Waals surface area (Å²) >= 11 is 1.45. The molecule has 28 nitrogen and oxygen atoms in total. The summed E-state index contributed by atoms with van der Waals surface area (Å²) in [5.41, 5.74) is 10.7. The van der Waals surface area contributed by atoms with Gasteiger partial charge in [-0.05, 0) is 99.4 Å². The van der Waals surface area contributed by atoms with E-state index in [1.54, 1.807) is 48.5 Å². The Morgan fingerprint density at radius 1 is 0.511 bits per heavy atom. The molecule has 92 heavy (non-hydrogen) atoms. The van der Waals surface area contributed by atoms with E-state index in [-0.39, 0.29) is 88.6 Å². The monoisotopic (exact) mass is 1320 g/mol. The lowest BCUT2D eigenvalue weighted by atomic mass is 9.84. The first-order valence-electron chi connectivity index (χ1n) is 32.3. The molecule has 14 N–H and O–H groups in total. The Kier molecular flexibility index (Phi) is 35.9. The van der Waals surface area contributed by atoms with Crippen molar-refractivity contribution in [3.05, 3.63) is 0 Å². The number of hydrogen-bond acceptors (Lipinski definition) is 18. The Morgan fingerprint density at radius 3 is 1.46 bits per heavy atom. The zero-order valence-electron chi connectivity index (χ0n) is 56.0. The van der Waals surface area contributed by atoms with Gasteiger partial charge < -0.3 is 73.8 Å². The van der Waals surface area contributed by atoms with Gasteiger partial charge in [0.15, 0.2) is 17.3 Å². The summed E-state index contributed by atoms with van der Waals surface area (Å²) < 4.78 is 0. The number of likely N-dealkylation sites (tertiary alicyclic amines) is 2. The Morgan fingerprint density at radius 2 is 0.978 bits per heavy atom. The predicted molar refractivity (Wildman–Crippen MR) is 343 cm³/mol. The molecule has 11 amide bonds. The summed E-state index contributed by atoms with van der Waals surface area (Å²) in [4.78, 5) is 193. The SMILES string of the molecule is CC[C@H](C)[C@H](NC(=O)[C@@H]1CCCN1C(=O)[C@H](CO)NC(=O)[C@H](CCC(N)=O)CC(=O)[C@H](CCSC)NC(C)=O)C(=O)C[C@H](C(=O)N[C@@H](CC(C)C)C(=O)N1CCC[C@H]1C(=O)N[C@@H](CC(C)C)C(=O)N[C@@H](CO)C(=O)C[C@@H](CC(C)C)C(=O)N[C@@H](CO)C(N)=O)C(C)C. The fourth-order valence-electron chi connectivity index (χ4n) is 11.5. The minimum Gasteiger partial charge on any atom is -0.394 e. The molecule has 0 aromatic rings. The van der Waals surface area contributed by atoms with Crippen molar-refractivity contribution in [1.82, 2.24) is 47.0 Å². The van der Waals surface area contributed by atoms with Crippen LogP contribution in [0.5, 0.6) is 0 Å². The van der Waals surface area contributed by atoms with E-state index in [1.807, 2.05) is 27.0 Å². The lowest BCUT2D eigenvalue weighted by Gasteiger charge is -2.33. The summed E-state index contributed by atoms with van der Waals surface area (Å²) in [6.07, 6.45) is 2.25. The number of nitrogens with zero attached hydrogens (tertiary/aromatic N) is 2. The molecule has 29 heteroatoms. The molecule has 522 valence electrons. The van der Waals surface area contributed by atoms with Crippen molar-refractivity contribution in [1.29, 1.82) is 0 Å². The zero-order chi connectivity index (χ0) is 69.9. The molecular weight excluding hydrogens is 1210 g/mol. The number of thioether (sulfide) groups is 1. The van der Waals surface area contributed by atoms with Gasteiger partial charge >= 0.3 is 0 Å². The van der Waals surface area contributed by atoms with Gasteiger partial charge in [0.05, 0.1) is 31.9 Å². The van der Waals surface area contributed by atoms with E-state index in [0.717, 1.165) is 0 Å². The van der Waals surface area contributed by atoms with E-state index >= 15 is 0 Å². The molecular formula is C63H107N11O17S. The lowest BCUT2D eigenvalue weighted by Crippen LogP contribution is -2.58. The average Bonchev–Trinajstić information content (AvgIpc) is 1.61. The van der Waals surface area contributed by atoms with Crippen LogP contribution in [0.25, 0.3) is 0 Å². The van der Waals surface area contributed by atoms with Crippen molar-refractivity contribution in [3.8, 4) is 0 Å². The topological polar surface area (TPSA) is 442 Å². The summed E-state index contributed by atoms with van der Waals surface area (Å²) in [5.74, 6) is -13.8. The number of carbonyl (C=O) groups is 14. The van der Waals surface area contributed by atoms with Crippen LogP contribution in [0, 0.1) is 47.3 Å². The van der Waals surface area contributed by atoms with Crippen LogP contribution in [-0.4, -0.2) is 207 Å². The number of nitrogens with one attached hydrogen (secondary N) is 7. The minimum atomic E-state index is -1.58. The maximum atomic E-state index is 14.7. The van der Waals surface area contributed by atoms with Crippen LogP contribution >= 0.6 is 11.8 Å². The first-order chi connectivity index (χ1) is 43.2. The summed E-state index contributed by atoms with van der Waals surface area (Å²) in [6, 6.07) is -11.2. The first kappa shape index (κ1) is 81.5. The molecule has 2 aliphatic rings. The van der Waals surface area contributed by atoms with Crippen LogP contribution in [0.4, 0.5) is 0 Å². The number of rotatable bonds is 43. The van der Waals surface area contributed by atoms with E-state index < -0.39 is 199 Å². The van der Waals surface area contributed by atoms with Crippen LogP contribution in [-0.2, 0) is 67.1 Å². The number of amides is 11. The summed E-state index contributed by atoms with van der Waals surface area (Å²) in [6.45, 7) is 16.8. The van der Waals surface area contributed by atoms with Gasteiger partial charge in [0.2, 0.25) is 65.0 Å². The number of nitrogens with two attached hydrogens (primary N) is 2. The van der Waals surface area contributed by atoms with Gasteiger partial charge in [-0.25, -0.2) is 0 Å². The third kappa shape index (κ3) is 26.4. The number of Topliss-reactive ketones (excluding diaryl/α,β-unsaturated/α-hetero) is 3. The van der Waals surface area contributed by atoms with Gasteiger partial charge in [-0.3, -0.25) is 67.1 Å². The van der Waals surface area contributed by atoms with Gasteiger partial charge in [-0.15, -0.1) is 0 Å². The summed E-state index contributed by atoms with van der Waals surface area (Å²) in [5, 5.41) is 48.7. The number of primary amides is 2. The van der Waals surface area contributed by atoms with Crippen molar-refractivity contribution in [2.24, 2.45) is 58.8 Å². The molecule has 13 atom stereocenters. The molecule has 2 heterocycles. The first-order valence-corrected chi connectivity index (χ1v) is 33.7. The van der Waals surface area contributed by atoms with E-state index in [4.69, 9.17) is 11.5 Å². The van der Waals surface area contributed by atoms with Crippen molar-refractivity contribution in [2.75, 3.05) is 44.9 Å². The molecule has 0 aromatic carbocycles. The van der Waals surface area contributed by atoms with Crippen LogP contribution in [0.3, 0.4) is 0 Å². The largest absolute Gasteiger partial charge is 0.394 e. The Bertz CT molecular complexity index is 2550. The van der Waals surface area contributed by atoms with Crippen molar-refractivity contribution < 1.29 is 82.4 Å². The standard InChI is InChI=1S/C63H107N11O17S/c1-13-37(10)54(72-61(89)49-17-15-22-74(49)63(91)47(32-77)71-56(84)39(18-19-53(64)82)27-50(79)42(20-23-92-12)66-38(11)78)52(81)29-41(36(8)9)58(86)68-44(26-35(6)7)62(90)73-21-14-16-48(73)60(88)67-43(25-34(4)5)59(87)69-45(30-75)51(80)28-40(24-33(2)3)57(85)70-46(31-76)55(65)83/h33-37,39-49,54,75-77H,13-32H2,1-12H3,(H2,64,82)(H2,65,83)(H,66,78)(H,67,88)(H,68,86)(H,69,87)(H,70,85)(H,71,84)(H,72,89)/t37-,39+,40+,41-,42-,43-,44-,45-,46-,47-,48-,49-,54-/m0/s1. The molecule has 0 bridgehead atoms. The van der Waals surface area contributed by atoms with Crippen molar-refractivity contribution in [2.45, 2.75) is 220 Å². The third-order valence-electron chi connectivity index (χ3n) is 16.8. The number of aliphatic hydroxyl groups is 3.